The number of nitrogen functional groups attached to an aromatic ring is 1. The van der Waals surface area contributed by atoms with Crippen LogP contribution in [-0.2, 0) is 0 Å². The van der Waals surface area contributed by atoms with Crippen molar-refractivity contribution >= 4 is 33.7 Å². The molecule has 0 saturated carbocycles. The number of anilines is 1. The average Bonchev–Trinajstić information content (AvgIpc) is 2.46. The molecule has 0 saturated heterocycles. The Bertz CT molecular complexity index is 924. The molecule has 10 heteroatoms. The first-order valence-corrected chi connectivity index (χ1v) is 7.04. The van der Waals surface area contributed by atoms with E-state index in [4.69, 9.17) is 10.5 Å². The maximum Gasteiger partial charge on any atom is 0.342 e. The molecule has 0 amide bonds. The van der Waals surface area contributed by atoms with Crippen LogP contribution >= 0.6 is 15.9 Å². The molecule has 0 unspecified atom stereocenters. The van der Waals surface area contributed by atoms with Crippen molar-refractivity contribution in [2.75, 3.05) is 12.8 Å². The first-order chi connectivity index (χ1) is 11.2. The zero-order valence-corrected chi connectivity index (χ0v) is 13.6. The molecule has 126 valence electrons. The molecule has 0 fully saturated rings. The predicted molar refractivity (Wildman–Crippen MR) is 85.0 cm³/mol. The van der Waals surface area contributed by atoms with Crippen LogP contribution in [0.3, 0.4) is 0 Å². The van der Waals surface area contributed by atoms with Crippen molar-refractivity contribution < 1.29 is 28.9 Å². The van der Waals surface area contributed by atoms with Crippen LogP contribution in [0.4, 0.5) is 10.2 Å². The fourth-order valence-corrected chi connectivity index (χ4v) is 2.72. The largest absolute Gasteiger partial charge is 0.494 e. The molecule has 0 atom stereocenters. The molecule has 5 N–H and O–H groups in total. The first kappa shape index (κ1) is 17.5. The van der Waals surface area contributed by atoms with E-state index in [1.165, 1.54) is 19.2 Å². The minimum atomic E-state index is -1.73. The fraction of sp³-hybridized carbons (Fsp3) is 0.0714. The van der Waals surface area contributed by atoms with Gasteiger partial charge in [-0.1, -0.05) is 15.9 Å². The molecule has 1 aromatic carbocycles. The van der Waals surface area contributed by atoms with Gasteiger partial charge < -0.3 is 25.7 Å². The smallest absolute Gasteiger partial charge is 0.342 e. The molecule has 8 nitrogen and oxygen atoms in total. The number of ether oxygens (including phenoxy) is 1. The number of hydrogen-bond donors (Lipinski definition) is 4. The normalized spacial score (nSPS) is 10.5. The number of pyridine rings is 1. The summed E-state index contributed by atoms with van der Waals surface area (Å²) in [5.41, 5.74) is 1.55. The van der Waals surface area contributed by atoms with Crippen molar-refractivity contribution in [1.82, 2.24) is 4.98 Å². The van der Waals surface area contributed by atoms with Gasteiger partial charge >= 0.3 is 11.9 Å². The van der Waals surface area contributed by atoms with Gasteiger partial charge in [-0.2, -0.15) is 0 Å². The Morgan fingerprint density at radius 1 is 1.21 bits per heavy atom. The van der Waals surface area contributed by atoms with E-state index < -0.39 is 51.4 Å². The fourth-order valence-electron chi connectivity index (χ4n) is 2.22. The summed E-state index contributed by atoms with van der Waals surface area (Å²) in [7, 11) is 1.18. The minimum absolute atomic E-state index is 0.0239. The van der Waals surface area contributed by atoms with Crippen molar-refractivity contribution in [2.45, 2.75) is 0 Å². The van der Waals surface area contributed by atoms with Crippen LogP contribution in [0.5, 0.6) is 5.75 Å². The first-order valence-electron chi connectivity index (χ1n) is 6.25. The number of aromatic carboxylic acids is 2. The van der Waals surface area contributed by atoms with Gasteiger partial charge in [0.2, 0.25) is 0 Å². The van der Waals surface area contributed by atoms with E-state index in [-0.39, 0.29) is 10.2 Å². The van der Waals surface area contributed by atoms with E-state index in [1.807, 2.05) is 4.98 Å². The van der Waals surface area contributed by atoms with E-state index in [0.29, 0.717) is 0 Å². The van der Waals surface area contributed by atoms with Gasteiger partial charge in [0.15, 0.2) is 11.6 Å². The Kier molecular flexibility index (Phi) is 4.60. The molecule has 2 rings (SSSR count). The van der Waals surface area contributed by atoms with Gasteiger partial charge in [-0.25, -0.2) is 14.0 Å². The number of carbonyl (C=O) groups is 2. The van der Waals surface area contributed by atoms with Crippen molar-refractivity contribution in [2.24, 2.45) is 0 Å². The lowest BCUT2D eigenvalue weighted by Gasteiger charge is -2.15. The molecule has 2 aromatic rings. The SMILES string of the molecule is COc1ccc(Br)c(-c2c(C(=O)O)c(N)[nH]c(=O)c2C(=O)O)c1F. The number of aromatic nitrogens is 1. The highest BCUT2D eigenvalue weighted by Crippen LogP contribution is 2.39. The van der Waals surface area contributed by atoms with Crippen LogP contribution < -0.4 is 16.0 Å². The van der Waals surface area contributed by atoms with E-state index in [9.17, 15) is 29.0 Å². The number of rotatable bonds is 4. The number of methoxy groups -OCH3 is 1. The van der Waals surface area contributed by atoms with Gasteiger partial charge in [0.05, 0.1) is 7.11 Å². The quantitative estimate of drug-likeness (QED) is 0.613. The Morgan fingerprint density at radius 3 is 2.29 bits per heavy atom. The van der Waals surface area contributed by atoms with Crippen LogP contribution in [0, 0.1) is 5.82 Å². The van der Waals surface area contributed by atoms with E-state index in [2.05, 4.69) is 15.9 Å². The van der Waals surface area contributed by atoms with Gasteiger partial charge in [-0.05, 0) is 12.1 Å². The summed E-state index contributed by atoms with van der Waals surface area (Å²) in [6, 6.07) is 2.58. The number of carboxylic acid groups (broad SMARTS) is 2. The lowest BCUT2D eigenvalue weighted by atomic mass is 9.94. The Morgan fingerprint density at radius 2 is 1.79 bits per heavy atom. The highest BCUT2D eigenvalue weighted by atomic mass is 79.9. The highest BCUT2D eigenvalue weighted by molar-refractivity contribution is 9.10. The summed E-state index contributed by atoms with van der Waals surface area (Å²) in [5, 5.41) is 18.6. The Balaban J connectivity index is 3.12. The Hall–Kier alpha value is -2.88. The third-order valence-corrected chi connectivity index (χ3v) is 3.86. The second-order valence-electron chi connectivity index (χ2n) is 4.54. The molecule has 0 bridgehead atoms. The molecule has 0 aliphatic heterocycles. The Labute approximate surface area is 141 Å². The molecule has 1 heterocycles. The van der Waals surface area contributed by atoms with Crippen molar-refractivity contribution in [3.05, 3.63) is 43.9 Å². The number of hydrogen-bond acceptors (Lipinski definition) is 5. The summed E-state index contributed by atoms with van der Waals surface area (Å²) < 4.78 is 19.5. The molecule has 0 radical (unpaired) electrons. The zero-order valence-electron chi connectivity index (χ0n) is 12.0. The van der Waals surface area contributed by atoms with E-state index >= 15 is 0 Å². The van der Waals surface area contributed by atoms with E-state index in [1.54, 1.807) is 0 Å². The second-order valence-corrected chi connectivity index (χ2v) is 5.40. The summed E-state index contributed by atoms with van der Waals surface area (Å²) in [5.74, 6) is -5.26. The van der Waals surface area contributed by atoms with Crippen LogP contribution in [0.25, 0.3) is 11.1 Å². The van der Waals surface area contributed by atoms with Gasteiger partial charge in [-0.15, -0.1) is 0 Å². The van der Waals surface area contributed by atoms with Gasteiger partial charge in [0, 0.05) is 15.6 Å². The van der Waals surface area contributed by atoms with Crippen LogP contribution in [0.15, 0.2) is 21.4 Å². The van der Waals surface area contributed by atoms with Gasteiger partial charge in [0.1, 0.15) is 16.9 Å². The summed E-state index contributed by atoms with van der Waals surface area (Å²) in [6.07, 6.45) is 0. The molecule has 24 heavy (non-hydrogen) atoms. The average molecular weight is 401 g/mol. The summed E-state index contributed by atoms with van der Waals surface area (Å²) in [4.78, 5) is 36.9. The maximum atomic E-state index is 14.7. The molecular weight excluding hydrogens is 391 g/mol. The van der Waals surface area contributed by atoms with Gasteiger partial charge in [0.25, 0.3) is 5.56 Å². The van der Waals surface area contributed by atoms with Crippen LogP contribution in [0.1, 0.15) is 20.7 Å². The number of carboxylic acids is 2. The summed E-state index contributed by atoms with van der Waals surface area (Å²) in [6.45, 7) is 0. The lowest BCUT2D eigenvalue weighted by molar-refractivity contribution is 0.0695. The van der Waals surface area contributed by atoms with Crippen LogP contribution in [0.2, 0.25) is 0 Å². The number of halogens is 2. The maximum absolute atomic E-state index is 14.7. The third-order valence-electron chi connectivity index (χ3n) is 3.20. The van der Waals surface area contributed by atoms with Crippen molar-refractivity contribution in [3.8, 4) is 16.9 Å². The zero-order chi connectivity index (χ0) is 18.2. The number of nitrogens with one attached hydrogen (secondary N) is 1. The van der Waals surface area contributed by atoms with Crippen LogP contribution in [-0.4, -0.2) is 34.2 Å². The standard InChI is InChI=1S/C14H10BrFN2O6/c1-24-5-3-2-4(15)6(10(5)16)7-8(13(20)21)11(17)18-12(19)9(7)14(22)23/h2-3H,1H3,(H,20,21)(H,22,23)(H3,17,18,19). The number of H-pyrrole nitrogens is 1. The number of nitrogens with two attached hydrogens (primary N) is 1. The topological polar surface area (TPSA) is 143 Å². The van der Waals surface area contributed by atoms with Crippen molar-refractivity contribution in [3.63, 3.8) is 0 Å². The predicted octanol–water partition coefficient (Wildman–Crippen LogP) is 1.93. The lowest BCUT2D eigenvalue weighted by Crippen LogP contribution is -2.24. The highest BCUT2D eigenvalue weighted by Gasteiger charge is 2.30. The molecule has 0 aliphatic carbocycles. The number of aromatic amines is 1. The summed E-state index contributed by atoms with van der Waals surface area (Å²) >= 11 is 3.03. The molecular formula is C14H10BrFN2O6. The van der Waals surface area contributed by atoms with Crippen molar-refractivity contribution in [1.29, 1.82) is 0 Å². The monoisotopic (exact) mass is 400 g/mol. The molecule has 1 aromatic heterocycles. The van der Waals surface area contributed by atoms with E-state index in [0.717, 1.165) is 0 Å². The second kappa shape index (κ2) is 6.32. The minimum Gasteiger partial charge on any atom is -0.494 e. The third kappa shape index (κ3) is 2.71. The van der Waals surface area contributed by atoms with Gasteiger partial charge in [-0.3, -0.25) is 4.79 Å². The molecule has 0 aliphatic rings. The molecule has 0 spiro atoms. The number of benzene rings is 1.